The van der Waals surface area contributed by atoms with Gasteiger partial charge in [-0.2, -0.15) is 10.5 Å². The minimum atomic E-state index is 0.474. The fourth-order valence-electron chi connectivity index (χ4n) is 9.01. The van der Waals surface area contributed by atoms with E-state index in [-0.39, 0.29) is 0 Å². The van der Waals surface area contributed by atoms with Crippen molar-refractivity contribution in [3.63, 3.8) is 0 Å². The molecular formula is C61H38N8. The first-order valence-corrected chi connectivity index (χ1v) is 22.4. The standard InChI is InChI=1S/C61H38N8/c1-64-46-24-28-50(29-25-46)68(48-20-12-5-13-21-48)53-32-35-60-56(38-53)55-37-52(67(47-18-10-4-11-19-47)49-26-22-42(40-62)23-27-49)31-34-59(55)69(60)51-30-33-54(45(36-51)41-63)58-39-57(43-14-6-2-7-15-43)65-61(66-58)44-16-8-3-9-17-44/h2-39H. The summed E-state index contributed by atoms with van der Waals surface area (Å²) >= 11 is 0. The van der Waals surface area contributed by atoms with Crippen LogP contribution in [0.3, 0.4) is 0 Å². The van der Waals surface area contributed by atoms with Gasteiger partial charge >= 0.3 is 0 Å². The van der Waals surface area contributed by atoms with Crippen LogP contribution in [0.15, 0.2) is 231 Å². The van der Waals surface area contributed by atoms with Crippen molar-refractivity contribution < 1.29 is 0 Å². The van der Waals surface area contributed by atoms with Crippen LogP contribution >= 0.6 is 0 Å². The van der Waals surface area contributed by atoms with Crippen LogP contribution in [0, 0.1) is 29.2 Å². The number of hydrogen-bond donors (Lipinski definition) is 0. The van der Waals surface area contributed by atoms with Gasteiger partial charge in [0, 0.05) is 67.3 Å². The molecule has 11 aromatic rings. The number of fused-ring (bicyclic) bond motifs is 3. The highest BCUT2D eigenvalue weighted by atomic mass is 15.1. The molecule has 322 valence electrons. The van der Waals surface area contributed by atoms with Gasteiger partial charge in [-0.3, -0.25) is 0 Å². The van der Waals surface area contributed by atoms with Gasteiger partial charge < -0.3 is 14.4 Å². The number of nitrogens with zero attached hydrogens (tertiary/aromatic N) is 8. The van der Waals surface area contributed by atoms with E-state index in [4.69, 9.17) is 16.5 Å². The topological polar surface area (TPSA) is 89.1 Å². The molecule has 0 N–H and O–H groups in total. The highest BCUT2D eigenvalue weighted by Gasteiger charge is 2.22. The zero-order chi connectivity index (χ0) is 46.7. The summed E-state index contributed by atoms with van der Waals surface area (Å²) in [6.45, 7) is 7.60. The van der Waals surface area contributed by atoms with Gasteiger partial charge in [0.1, 0.15) is 0 Å². The number of benzene rings is 9. The van der Waals surface area contributed by atoms with Crippen LogP contribution in [-0.2, 0) is 0 Å². The molecule has 0 saturated heterocycles. The molecule has 0 fully saturated rings. The third-order valence-corrected chi connectivity index (χ3v) is 12.3. The van der Waals surface area contributed by atoms with E-state index in [0.29, 0.717) is 33.9 Å². The van der Waals surface area contributed by atoms with Gasteiger partial charge in [0.05, 0.1) is 52.3 Å². The van der Waals surface area contributed by atoms with E-state index in [1.54, 1.807) is 0 Å². The van der Waals surface area contributed by atoms with Crippen molar-refractivity contribution in [2.24, 2.45) is 0 Å². The molecule has 0 atom stereocenters. The zero-order valence-corrected chi connectivity index (χ0v) is 37.0. The summed E-state index contributed by atoms with van der Waals surface area (Å²) < 4.78 is 2.22. The van der Waals surface area contributed by atoms with Crippen LogP contribution in [0.2, 0.25) is 0 Å². The third-order valence-electron chi connectivity index (χ3n) is 12.3. The van der Waals surface area contributed by atoms with Gasteiger partial charge in [0.15, 0.2) is 11.5 Å². The van der Waals surface area contributed by atoms with Crippen molar-refractivity contribution in [3.8, 4) is 51.7 Å². The summed E-state index contributed by atoms with van der Waals surface area (Å²) in [4.78, 5) is 18.1. The average molecular weight is 883 g/mol. The average Bonchev–Trinajstić information content (AvgIpc) is 3.75. The second-order valence-electron chi connectivity index (χ2n) is 16.4. The maximum Gasteiger partial charge on any atom is 0.187 e. The van der Waals surface area contributed by atoms with Gasteiger partial charge in [-0.15, -0.1) is 0 Å². The molecule has 0 amide bonds. The largest absolute Gasteiger partial charge is 0.311 e. The Morgan fingerprint density at radius 3 is 1.43 bits per heavy atom. The zero-order valence-electron chi connectivity index (χ0n) is 37.0. The van der Waals surface area contributed by atoms with E-state index in [1.165, 1.54) is 0 Å². The first kappa shape index (κ1) is 41.6. The van der Waals surface area contributed by atoms with E-state index < -0.39 is 0 Å². The van der Waals surface area contributed by atoms with Gasteiger partial charge in [-0.05, 0) is 121 Å². The number of hydrogen-bond acceptors (Lipinski definition) is 6. The first-order chi connectivity index (χ1) is 34.1. The SMILES string of the molecule is [C-]#[N+]c1ccc(N(c2ccccc2)c2ccc3c(c2)c2cc(N(c4ccccc4)c4ccc(C#N)cc4)ccc2n3-c2ccc(-c3cc(-c4ccccc4)nc(-c4ccccc4)n3)c(C#N)c2)cc1. The quantitative estimate of drug-likeness (QED) is 0.127. The van der Waals surface area contributed by atoms with Crippen molar-refractivity contribution in [2.45, 2.75) is 0 Å². The highest BCUT2D eigenvalue weighted by Crippen LogP contribution is 2.43. The fourth-order valence-corrected chi connectivity index (χ4v) is 9.01. The predicted molar refractivity (Wildman–Crippen MR) is 278 cm³/mol. The molecule has 0 aliphatic rings. The van der Waals surface area contributed by atoms with Crippen LogP contribution in [0.1, 0.15) is 11.1 Å². The molecule has 0 unspecified atom stereocenters. The molecule has 11 rings (SSSR count). The molecule has 69 heavy (non-hydrogen) atoms. The van der Waals surface area contributed by atoms with E-state index >= 15 is 0 Å². The Kier molecular flexibility index (Phi) is 10.9. The molecule has 0 spiro atoms. The lowest BCUT2D eigenvalue weighted by molar-refractivity contribution is 1.16. The number of anilines is 6. The molecule has 0 saturated carbocycles. The molecule has 2 heterocycles. The second kappa shape index (κ2) is 18.1. The lowest BCUT2D eigenvalue weighted by Crippen LogP contribution is -2.09. The molecule has 0 bridgehead atoms. The molecule has 9 aromatic carbocycles. The maximum absolute atomic E-state index is 10.9. The smallest absolute Gasteiger partial charge is 0.187 e. The summed E-state index contributed by atoms with van der Waals surface area (Å²) in [6, 6.07) is 81.3. The van der Waals surface area contributed by atoms with Gasteiger partial charge in [-0.25, -0.2) is 14.8 Å². The molecule has 0 aliphatic carbocycles. The Balaban J connectivity index is 1.12. The Morgan fingerprint density at radius 1 is 0.435 bits per heavy atom. The van der Waals surface area contributed by atoms with Crippen molar-refractivity contribution in [2.75, 3.05) is 9.80 Å². The summed E-state index contributed by atoms with van der Waals surface area (Å²) in [7, 11) is 0. The van der Waals surface area contributed by atoms with Crippen molar-refractivity contribution >= 4 is 61.6 Å². The maximum atomic E-state index is 10.9. The Bertz CT molecular complexity index is 3580. The van der Waals surface area contributed by atoms with Crippen molar-refractivity contribution in [1.82, 2.24) is 14.5 Å². The predicted octanol–water partition coefficient (Wildman–Crippen LogP) is 15.8. The van der Waals surface area contributed by atoms with Crippen LogP contribution in [0.25, 0.3) is 66.2 Å². The van der Waals surface area contributed by atoms with Crippen LogP contribution in [-0.4, -0.2) is 14.5 Å². The monoisotopic (exact) mass is 882 g/mol. The Morgan fingerprint density at radius 2 is 0.913 bits per heavy atom. The lowest BCUT2D eigenvalue weighted by Gasteiger charge is -2.26. The van der Waals surface area contributed by atoms with Gasteiger partial charge in [0.2, 0.25) is 0 Å². The number of aromatic nitrogens is 3. The van der Waals surface area contributed by atoms with Crippen LogP contribution in [0.4, 0.5) is 39.8 Å². The lowest BCUT2D eigenvalue weighted by atomic mass is 10.0. The van der Waals surface area contributed by atoms with E-state index in [9.17, 15) is 10.5 Å². The van der Waals surface area contributed by atoms with E-state index in [2.05, 4.69) is 98.1 Å². The van der Waals surface area contributed by atoms with E-state index in [1.807, 2.05) is 164 Å². The summed E-state index contributed by atoms with van der Waals surface area (Å²) in [5.74, 6) is 0.575. The summed E-state index contributed by atoms with van der Waals surface area (Å²) in [5.41, 5.74) is 13.9. The number of nitriles is 2. The van der Waals surface area contributed by atoms with Gasteiger partial charge in [-0.1, -0.05) is 109 Å². The molecule has 8 nitrogen and oxygen atoms in total. The highest BCUT2D eigenvalue weighted by molar-refractivity contribution is 6.12. The molecule has 8 heteroatoms. The molecule has 0 radical (unpaired) electrons. The minimum absolute atomic E-state index is 0.474. The first-order valence-electron chi connectivity index (χ1n) is 22.4. The normalized spacial score (nSPS) is 10.9. The van der Waals surface area contributed by atoms with E-state index in [0.717, 1.165) is 78.4 Å². The number of para-hydroxylation sites is 2. The van der Waals surface area contributed by atoms with Crippen molar-refractivity contribution in [3.05, 3.63) is 253 Å². The fraction of sp³-hybridized carbons (Fsp3) is 0. The Labute approximate surface area is 399 Å². The third kappa shape index (κ3) is 7.96. The second-order valence-corrected chi connectivity index (χ2v) is 16.4. The molecule has 2 aromatic heterocycles. The molecular weight excluding hydrogens is 845 g/mol. The van der Waals surface area contributed by atoms with Gasteiger partial charge in [0.25, 0.3) is 0 Å². The number of rotatable bonds is 10. The molecule has 0 aliphatic heterocycles. The van der Waals surface area contributed by atoms with Crippen LogP contribution in [0.5, 0.6) is 0 Å². The summed E-state index contributed by atoms with van der Waals surface area (Å²) in [5, 5.41) is 22.6. The summed E-state index contributed by atoms with van der Waals surface area (Å²) in [6.07, 6.45) is 0. The Hall–Kier alpha value is -10.1. The minimum Gasteiger partial charge on any atom is -0.311 e. The van der Waals surface area contributed by atoms with Crippen LogP contribution < -0.4 is 9.80 Å². The van der Waals surface area contributed by atoms with Crippen molar-refractivity contribution in [1.29, 1.82) is 10.5 Å².